The zero-order valence-electron chi connectivity index (χ0n) is 23.7. The lowest BCUT2D eigenvalue weighted by Crippen LogP contribution is -2.49. The van der Waals surface area contributed by atoms with Gasteiger partial charge in [0.2, 0.25) is 5.91 Å². The number of halogens is 3. The molecule has 4 aromatic rings. The predicted octanol–water partition coefficient (Wildman–Crippen LogP) is 7.45. The van der Waals surface area contributed by atoms with Crippen LogP contribution in [0.1, 0.15) is 36.2 Å². The van der Waals surface area contributed by atoms with Gasteiger partial charge in [0, 0.05) is 47.7 Å². The van der Waals surface area contributed by atoms with Crippen LogP contribution in [0.4, 0.5) is 5.69 Å². The molecule has 7 nitrogen and oxygen atoms in total. The van der Waals surface area contributed by atoms with E-state index in [-0.39, 0.29) is 24.3 Å². The Bertz CT molecular complexity index is 1600. The summed E-state index contributed by atoms with van der Waals surface area (Å²) in [5.74, 6) is -0.00636. The number of thiocarbonyl (C=S) groups is 1. The first-order chi connectivity index (χ1) is 20.6. The third kappa shape index (κ3) is 9.28. The van der Waals surface area contributed by atoms with Crippen molar-refractivity contribution >= 4 is 68.1 Å². The molecule has 2 N–H and O–H groups in total. The minimum absolute atomic E-state index is 0.111. The summed E-state index contributed by atoms with van der Waals surface area (Å²) in [6, 6.07) is 22.6. The maximum Gasteiger partial charge on any atom is 0.226 e. The third-order valence-electron chi connectivity index (χ3n) is 6.92. The Hall–Kier alpha value is -3.42. The van der Waals surface area contributed by atoms with Crippen molar-refractivity contribution in [3.8, 4) is 6.07 Å². The van der Waals surface area contributed by atoms with E-state index in [1.54, 1.807) is 30.7 Å². The molecule has 1 aromatic heterocycles. The molecule has 11 heteroatoms. The molecule has 1 heterocycles. The van der Waals surface area contributed by atoms with Gasteiger partial charge < -0.3 is 20.1 Å². The Morgan fingerprint density at radius 3 is 2.51 bits per heavy atom. The average Bonchev–Trinajstić information content (AvgIpc) is 3.41. The monoisotopic (exact) mass is 696 g/mol. The molecule has 0 aliphatic heterocycles. The molecule has 0 aliphatic carbocycles. The van der Waals surface area contributed by atoms with E-state index in [0.29, 0.717) is 40.4 Å². The molecule has 3 aromatic carbocycles. The average molecular weight is 699 g/mol. The highest BCUT2D eigenvalue weighted by Gasteiger charge is 2.23. The maximum absolute atomic E-state index is 13.3. The van der Waals surface area contributed by atoms with Crippen LogP contribution in [0.5, 0.6) is 0 Å². The number of amides is 1. The van der Waals surface area contributed by atoms with Crippen molar-refractivity contribution in [3.63, 3.8) is 0 Å². The summed E-state index contributed by atoms with van der Waals surface area (Å²) < 4.78 is 2.91. The van der Waals surface area contributed by atoms with Crippen LogP contribution >= 0.6 is 51.3 Å². The van der Waals surface area contributed by atoms with Crippen molar-refractivity contribution < 1.29 is 4.79 Å². The van der Waals surface area contributed by atoms with Crippen LogP contribution in [0, 0.1) is 17.2 Å². The number of hydrogen-bond donors (Lipinski definition) is 2. The Morgan fingerprint density at radius 2 is 1.84 bits per heavy atom. The number of anilines is 1. The van der Waals surface area contributed by atoms with Crippen molar-refractivity contribution in [3.05, 3.63) is 116 Å². The van der Waals surface area contributed by atoms with Crippen LogP contribution in [0.25, 0.3) is 0 Å². The van der Waals surface area contributed by atoms with Gasteiger partial charge in [0.25, 0.3) is 0 Å². The largest absolute Gasteiger partial charge is 0.351 e. The quantitative estimate of drug-likeness (QED) is 0.158. The van der Waals surface area contributed by atoms with Gasteiger partial charge in [-0.05, 0) is 71.7 Å². The van der Waals surface area contributed by atoms with Crippen LogP contribution in [0.2, 0.25) is 10.0 Å². The van der Waals surface area contributed by atoms with Gasteiger partial charge >= 0.3 is 0 Å². The number of aromatic nitrogens is 2. The van der Waals surface area contributed by atoms with Crippen molar-refractivity contribution in [2.45, 2.75) is 39.4 Å². The lowest BCUT2D eigenvalue weighted by Gasteiger charge is -2.32. The standard InChI is InChI=1S/C32H31BrCl2N6OS/c1-21(2)29(39-30(42)14-27-16-37-20-41(27)17-23-8-6-22(15-36)7-9-23)19-40(18-24-4-3-5-28(34)31(24)35)32(43)38-26-12-10-25(33)11-13-26/h3-13,16,20-21,29H,14,17-19H2,1-2H3,(H,38,43)(H,39,42). The van der Waals surface area contributed by atoms with Gasteiger partial charge in [0.05, 0.1) is 34.4 Å². The molecule has 43 heavy (non-hydrogen) atoms. The number of nitrogens with zero attached hydrogens (tertiary/aromatic N) is 4. The molecule has 0 radical (unpaired) electrons. The summed E-state index contributed by atoms with van der Waals surface area (Å²) in [6.45, 7) is 5.52. The molecule has 0 bridgehead atoms. The SMILES string of the molecule is CC(C)C(CN(Cc1cccc(Cl)c1Cl)C(=S)Nc1ccc(Br)cc1)NC(=O)Cc1cncn1Cc1ccc(C#N)cc1. The summed E-state index contributed by atoms with van der Waals surface area (Å²) in [4.78, 5) is 19.6. The highest BCUT2D eigenvalue weighted by molar-refractivity contribution is 9.10. The second-order valence-corrected chi connectivity index (χ2v) is 12.5. The molecule has 1 unspecified atom stereocenters. The molecule has 0 saturated heterocycles. The van der Waals surface area contributed by atoms with Gasteiger partial charge in [-0.25, -0.2) is 4.98 Å². The van der Waals surface area contributed by atoms with Crippen molar-refractivity contribution in [1.82, 2.24) is 19.8 Å². The third-order valence-corrected chi connectivity index (χ3v) is 8.67. The van der Waals surface area contributed by atoms with E-state index < -0.39 is 0 Å². The smallest absolute Gasteiger partial charge is 0.226 e. The van der Waals surface area contributed by atoms with E-state index in [0.717, 1.165) is 27.0 Å². The van der Waals surface area contributed by atoms with Crippen LogP contribution < -0.4 is 10.6 Å². The lowest BCUT2D eigenvalue weighted by atomic mass is 10.0. The van der Waals surface area contributed by atoms with E-state index in [9.17, 15) is 4.79 Å². The number of benzene rings is 3. The highest BCUT2D eigenvalue weighted by atomic mass is 79.9. The van der Waals surface area contributed by atoms with Crippen molar-refractivity contribution in [2.75, 3.05) is 11.9 Å². The van der Waals surface area contributed by atoms with E-state index in [1.807, 2.05) is 58.0 Å². The number of carbonyl (C=O) groups is 1. The molecule has 0 saturated carbocycles. The zero-order chi connectivity index (χ0) is 30.9. The van der Waals surface area contributed by atoms with Gasteiger partial charge in [-0.3, -0.25) is 4.79 Å². The van der Waals surface area contributed by atoms with Gasteiger partial charge in [-0.1, -0.05) is 77.2 Å². The molecule has 0 fully saturated rings. The number of nitriles is 1. The first-order valence-electron chi connectivity index (χ1n) is 13.6. The van der Waals surface area contributed by atoms with Crippen LogP contribution in [0.3, 0.4) is 0 Å². The molecule has 0 aliphatic rings. The molecular weight excluding hydrogens is 667 g/mol. The number of rotatable bonds is 11. The summed E-state index contributed by atoms with van der Waals surface area (Å²) in [5.41, 5.74) is 4.08. The molecule has 0 spiro atoms. The minimum atomic E-state index is -0.218. The Balaban J connectivity index is 1.48. The summed E-state index contributed by atoms with van der Waals surface area (Å²) >= 11 is 22.2. The maximum atomic E-state index is 13.3. The van der Waals surface area contributed by atoms with Gasteiger partial charge in [0.15, 0.2) is 5.11 Å². The molecule has 4 rings (SSSR count). The van der Waals surface area contributed by atoms with Gasteiger partial charge in [-0.2, -0.15) is 5.26 Å². The molecule has 1 atom stereocenters. The second-order valence-electron chi connectivity index (χ2n) is 10.4. The van der Waals surface area contributed by atoms with E-state index in [4.69, 9.17) is 40.7 Å². The van der Waals surface area contributed by atoms with E-state index in [2.05, 4.69) is 51.5 Å². The lowest BCUT2D eigenvalue weighted by molar-refractivity contribution is -0.121. The van der Waals surface area contributed by atoms with E-state index in [1.165, 1.54) is 0 Å². The van der Waals surface area contributed by atoms with Crippen molar-refractivity contribution in [1.29, 1.82) is 5.26 Å². The number of imidazole rings is 1. The zero-order valence-corrected chi connectivity index (χ0v) is 27.6. The number of hydrogen-bond acceptors (Lipinski definition) is 4. The topological polar surface area (TPSA) is 86.0 Å². The second kappa shape index (κ2) is 15.3. The minimum Gasteiger partial charge on any atom is -0.351 e. The Labute approximate surface area is 276 Å². The number of nitrogens with one attached hydrogen (secondary N) is 2. The molecule has 222 valence electrons. The summed E-state index contributed by atoms with van der Waals surface area (Å²) in [7, 11) is 0. The van der Waals surface area contributed by atoms with E-state index >= 15 is 0 Å². The highest BCUT2D eigenvalue weighted by Crippen LogP contribution is 2.27. The van der Waals surface area contributed by atoms with Crippen LogP contribution in [-0.4, -0.2) is 38.1 Å². The summed E-state index contributed by atoms with van der Waals surface area (Å²) in [6.07, 6.45) is 3.59. The normalized spacial score (nSPS) is 11.6. The fraction of sp³-hybridized carbons (Fsp3) is 0.250. The fourth-order valence-electron chi connectivity index (χ4n) is 4.43. The summed E-state index contributed by atoms with van der Waals surface area (Å²) in [5, 5.41) is 17.0. The first-order valence-corrected chi connectivity index (χ1v) is 15.6. The Kier molecular flexibility index (Phi) is 11.6. The van der Waals surface area contributed by atoms with Crippen molar-refractivity contribution in [2.24, 2.45) is 5.92 Å². The first kappa shape index (κ1) is 32.5. The van der Waals surface area contributed by atoms with Crippen LogP contribution in [-0.2, 0) is 24.3 Å². The number of carbonyl (C=O) groups excluding carboxylic acids is 1. The molecular formula is C32H31BrCl2N6OS. The Morgan fingerprint density at radius 1 is 1.12 bits per heavy atom. The predicted molar refractivity (Wildman–Crippen MR) is 180 cm³/mol. The molecule has 1 amide bonds. The van der Waals surface area contributed by atoms with Gasteiger partial charge in [-0.15, -0.1) is 0 Å². The fourth-order valence-corrected chi connectivity index (χ4v) is 5.33. The van der Waals surface area contributed by atoms with Crippen LogP contribution in [0.15, 0.2) is 83.7 Å². The van der Waals surface area contributed by atoms with Gasteiger partial charge in [0.1, 0.15) is 0 Å².